The normalized spacial score (nSPS) is 10.5. The lowest BCUT2D eigenvalue weighted by Gasteiger charge is -2.09. The zero-order valence-electron chi connectivity index (χ0n) is 70.9. The van der Waals surface area contributed by atoms with Gasteiger partial charge in [-0.1, -0.05) is 361 Å². The largest absolute Gasteiger partial charge is 0.135 e. The van der Waals surface area contributed by atoms with Crippen molar-refractivity contribution in [3.63, 3.8) is 0 Å². The number of thiophene rings is 1. The summed E-state index contributed by atoms with van der Waals surface area (Å²) in [5, 5.41) is 19.1. The highest BCUT2D eigenvalue weighted by molar-refractivity contribution is 7.25. The van der Waals surface area contributed by atoms with Crippen molar-refractivity contribution >= 4 is 96.1 Å². The third-order valence-electron chi connectivity index (χ3n) is 21.6. The third kappa shape index (κ3) is 22.4. The van der Waals surface area contributed by atoms with Gasteiger partial charge in [0.15, 0.2) is 0 Å². The Morgan fingerprint density at radius 2 is 0.496 bits per heavy atom. The zero-order valence-corrected chi connectivity index (χ0v) is 71.7. The highest BCUT2D eigenvalue weighted by Gasteiger charge is 2.08. The summed E-state index contributed by atoms with van der Waals surface area (Å²) in [5.74, 6) is 0. The molecule has 0 nitrogen and oxygen atoms in total. The van der Waals surface area contributed by atoms with Gasteiger partial charge >= 0.3 is 0 Å². The molecule has 574 valence electrons. The van der Waals surface area contributed by atoms with E-state index in [-0.39, 0.29) is 0 Å². The molecule has 0 amide bonds. The van der Waals surface area contributed by atoms with E-state index in [0.29, 0.717) is 0 Å². The van der Waals surface area contributed by atoms with E-state index in [4.69, 9.17) is 0 Å². The first-order valence-electron chi connectivity index (χ1n) is 40.3. The standard InChI is InChI=1S/C14H12S.2C14H14.6C12H12/c1-9-3-5-13-11(7-9)12-8-10(2)4-6-14(12)15-13;1-11-6-5-8-13(10-11)14-9-4-3-7-12(14)2;1-11-7-6-8-12(2)14(11)13-9-4-3-5-10-13;1-9-3-5-12-8-10(2)4-6-11(12)7-9;1-9-5-3-8-12-10(2)6-4-7-11(9)12;1-9-5-3-7-11-8-4-6-10(2)12(9)11;1-9-7-11-5-3-4-6-12(11)8-10(9)2;1-9-7-10(2)12-6-4-3-5-11(12)8-9;1-9-7-8-10(2)12-6-4-3-5-11(9)12/h3-8H,1-2H3;2*3-10H,1-2H3;6*3-8H,1-2H3. The fourth-order valence-corrected chi connectivity index (χ4v) is 16.3. The molecule has 0 aliphatic rings. The molecule has 0 fully saturated rings. The van der Waals surface area contributed by atoms with Crippen LogP contribution in [-0.2, 0) is 0 Å². The number of fused-ring (bicyclic) bond motifs is 9. The van der Waals surface area contributed by atoms with Gasteiger partial charge in [0.05, 0.1) is 0 Å². The Balaban J connectivity index is 0.000000128. The summed E-state index contributed by atoms with van der Waals surface area (Å²) in [4.78, 5) is 0. The minimum Gasteiger partial charge on any atom is -0.135 e. The van der Waals surface area contributed by atoms with E-state index in [1.165, 1.54) is 207 Å². The number of aryl methyl sites for hydroxylation is 18. The fraction of sp³-hybridized carbons (Fsp3) is 0.158. The number of hydrogen-bond donors (Lipinski definition) is 0. The molecule has 0 saturated carbocycles. The van der Waals surface area contributed by atoms with Gasteiger partial charge in [-0.15, -0.1) is 11.3 Å². The molecule has 115 heavy (non-hydrogen) atoms. The first-order valence-corrected chi connectivity index (χ1v) is 41.2. The summed E-state index contributed by atoms with van der Waals surface area (Å²) in [6.45, 7) is 38.7. The minimum atomic E-state index is 1.31. The summed E-state index contributed by atoms with van der Waals surface area (Å²) < 4.78 is 2.78. The van der Waals surface area contributed by atoms with Crippen LogP contribution in [0.15, 0.2) is 352 Å². The lowest BCUT2D eigenvalue weighted by Crippen LogP contribution is -1.86. The molecule has 0 aliphatic heterocycles. The highest BCUT2D eigenvalue weighted by atomic mass is 32.1. The van der Waals surface area contributed by atoms with Crippen molar-refractivity contribution < 1.29 is 0 Å². The van der Waals surface area contributed by atoms with Gasteiger partial charge in [-0.25, -0.2) is 0 Å². The molecular formula is C114H112S. The Kier molecular flexibility index (Phi) is 29.1. The smallest absolute Gasteiger partial charge is 0.0355 e. The second-order valence-electron chi connectivity index (χ2n) is 31.1. The second-order valence-corrected chi connectivity index (χ2v) is 32.2. The van der Waals surface area contributed by atoms with Crippen LogP contribution in [-0.4, -0.2) is 0 Å². The van der Waals surface area contributed by atoms with Crippen molar-refractivity contribution in [3.05, 3.63) is 452 Å². The van der Waals surface area contributed by atoms with Crippen LogP contribution >= 0.6 is 11.3 Å². The predicted octanol–water partition coefficient (Wildman–Crippen LogP) is 33.4. The molecule has 19 aromatic rings. The molecule has 0 bridgehead atoms. The van der Waals surface area contributed by atoms with E-state index in [2.05, 4.69) is 476 Å². The summed E-state index contributed by atoms with van der Waals surface area (Å²) in [6.07, 6.45) is 0. The minimum absolute atomic E-state index is 1.31. The average molecular weight is 1510 g/mol. The Labute approximate surface area is 690 Å². The average Bonchev–Trinajstić information content (AvgIpc) is 1.63. The van der Waals surface area contributed by atoms with E-state index in [0.717, 1.165) is 0 Å². The maximum absolute atomic E-state index is 2.29. The Morgan fingerprint density at radius 1 is 0.157 bits per heavy atom. The van der Waals surface area contributed by atoms with Gasteiger partial charge in [-0.2, -0.15) is 0 Å². The van der Waals surface area contributed by atoms with Gasteiger partial charge in [0.1, 0.15) is 0 Å². The summed E-state index contributed by atoms with van der Waals surface area (Å²) >= 11 is 1.88. The fourth-order valence-electron chi connectivity index (χ4n) is 15.2. The molecule has 0 radical (unpaired) electrons. The summed E-state index contributed by atoms with van der Waals surface area (Å²) in [7, 11) is 0. The van der Waals surface area contributed by atoms with Crippen LogP contribution < -0.4 is 0 Å². The monoisotopic (exact) mass is 1510 g/mol. The Bertz CT molecular complexity index is 6180. The molecule has 1 heteroatoms. The van der Waals surface area contributed by atoms with E-state index in [9.17, 15) is 0 Å². The van der Waals surface area contributed by atoms with Gasteiger partial charge in [0.2, 0.25) is 0 Å². The van der Waals surface area contributed by atoms with Crippen molar-refractivity contribution in [2.75, 3.05) is 0 Å². The third-order valence-corrected chi connectivity index (χ3v) is 22.7. The van der Waals surface area contributed by atoms with Crippen molar-refractivity contribution in [3.8, 4) is 22.3 Å². The van der Waals surface area contributed by atoms with Gasteiger partial charge in [0, 0.05) is 20.2 Å². The zero-order chi connectivity index (χ0) is 81.7. The van der Waals surface area contributed by atoms with Crippen molar-refractivity contribution in [2.24, 2.45) is 0 Å². The predicted molar refractivity (Wildman–Crippen MR) is 512 cm³/mol. The van der Waals surface area contributed by atoms with E-state index in [1.807, 2.05) is 11.3 Å². The first-order chi connectivity index (χ1) is 55.5. The highest BCUT2D eigenvalue weighted by Crippen LogP contribution is 2.36. The van der Waals surface area contributed by atoms with E-state index >= 15 is 0 Å². The lowest BCUT2D eigenvalue weighted by atomic mass is 9.96. The van der Waals surface area contributed by atoms with Crippen molar-refractivity contribution in [2.45, 2.75) is 125 Å². The molecule has 0 atom stereocenters. The molecule has 0 aliphatic carbocycles. The van der Waals surface area contributed by atoms with Gasteiger partial charge in [-0.3, -0.25) is 0 Å². The Hall–Kier alpha value is -12.3. The van der Waals surface area contributed by atoms with Gasteiger partial charge < -0.3 is 0 Å². The van der Waals surface area contributed by atoms with Crippen LogP contribution in [0.5, 0.6) is 0 Å². The molecule has 0 spiro atoms. The molecule has 0 saturated heterocycles. The summed E-state index contributed by atoms with van der Waals surface area (Å²) in [5.41, 5.74) is 29.6. The van der Waals surface area contributed by atoms with Crippen LogP contribution in [0.1, 0.15) is 100 Å². The van der Waals surface area contributed by atoms with Crippen molar-refractivity contribution in [1.29, 1.82) is 0 Å². The molecule has 1 heterocycles. The summed E-state index contributed by atoms with van der Waals surface area (Å²) in [6, 6.07) is 125. The Morgan fingerprint density at radius 3 is 0.991 bits per heavy atom. The second kappa shape index (κ2) is 40.0. The SMILES string of the molecule is Cc1cc(C)c2ccccc2c1.Cc1cc2ccccc2cc1C.Cc1ccc(C)c2ccccc12.Cc1ccc2cc(C)ccc2c1.Cc1ccc2sc3ccc(C)cc3c2c1.Cc1cccc(-c2ccccc2C)c1.Cc1cccc(C)c1-c1ccccc1.Cc1cccc2c(C)cccc12.Cc1cccc2cccc(C)c12. The number of hydrogen-bond acceptors (Lipinski definition) is 1. The molecule has 0 N–H and O–H groups in total. The number of benzene rings is 18. The van der Waals surface area contributed by atoms with Crippen LogP contribution in [0.3, 0.4) is 0 Å². The quantitative estimate of drug-likeness (QED) is 0.162. The van der Waals surface area contributed by atoms with E-state index in [1.54, 1.807) is 0 Å². The molecular weight excluding hydrogens is 1400 g/mol. The molecule has 18 aromatic carbocycles. The van der Waals surface area contributed by atoms with Crippen molar-refractivity contribution in [1.82, 2.24) is 0 Å². The molecule has 0 unspecified atom stereocenters. The maximum Gasteiger partial charge on any atom is 0.0355 e. The topological polar surface area (TPSA) is 0 Å². The van der Waals surface area contributed by atoms with Crippen LogP contribution in [0.2, 0.25) is 0 Å². The van der Waals surface area contributed by atoms with Gasteiger partial charge in [-0.05, 0) is 303 Å². The maximum atomic E-state index is 2.29. The molecule has 19 rings (SSSR count). The van der Waals surface area contributed by atoms with Crippen LogP contribution in [0.25, 0.3) is 107 Å². The number of rotatable bonds is 2. The van der Waals surface area contributed by atoms with Crippen LogP contribution in [0.4, 0.5) is 0 Å². The van der Waals surface area contributed by atoms with Gasteiger partial charge in [0.25, 0.3) is 0 Å². The lowest BCUT2D eigenvalue weighted by molar-refractivity contribution is 1.37. The van der Waals surface area contributed by atoms with E-state index < -0.39 is 0 Å². The molecule has 1 aromatic heterocycles. The van der Waals surface area contributed by atoms with Crippen LogP contribution in [0, 0.1) is 125 Å². The first kappa shape index (κ1) is 83.7.